The Morgan fingerprint density at radius 3 is 3.00 bits per heavy atom. The molecule has 2 aromatic heterocycles. The zero-order chi connectivity index (χ0) is 14.5. The largest absolute Gasteiger partial charge is 0.386 e. The maximum atomic E-state index is 13.3. The quantitative estimate of drug-likeness (QED) is 0.535. The minimum absolute atomic E-state index is 0.0311. The van der Waals surface area contributed by atoms with Gasteiger partial charge in [-0.1, -0.05) is 34.6 Å². The lowest BCUT2D eigenvalue weighted by Gasteiger charge is -1.95. The molecule has 0 N–H and O–H groups in total. The lowest BCUT2D eigenvalue weighted by Crippen LogP contribution is -1.90. The lowest BCUT2D eigenvalue weighted by molar-refractivity contribution is 0.107. The van der Waals surface area contributed by atoms with Crippen molar-refractivity contribution in [1.29, 1.82) is 0 Å². The van der Waals surface area contributed by atoms with Crippen molar-refractivity contribution < 1.29 is 13.8 Å². The van der Waals surface area contributed by atoms with E-state index in [4.69, 9.17) is 9.36 Å². The van der Waals surface area contributed by atoms with Crippen molar-refractivity contribution in [3.63, 3.8) is 0 Å². The first kappa shape index (κ1) is 13.4. The van der Waals surface area contributed by atoms with Crippen LogP contribution in [0.25, 0.3) is 10.7 Å². The van der Waals surface area contributed by atoms with Crippen LogP contribution in [0.2, 0.25) is 0 Å². The third-order valence-corrected chi connectivity index (χ3v) is 3.44. The topological polar surface area (TPSA) is 60.5 Å². The van der Waals surface area contributed by atoms with E-state index < -0.39 is 0 Å². The van der Waals surface area contributed by atoms with E-state index in [1.165, 1.54) is 23.6 Å². The Kier molecular flexibility index (Phi) is 4.02. The number of hydrogen-bond acceptors (Lipinski definition) is 6. The predicted octanol–water partition coefficient (Wildman–Crippen LogP) is 3.49. The molecule has 5 nitrogen and oxygen atoms in total. The van der Waals surface area contributed by atoms with Crippen molar-refractivity contribution in [2.24, 2.45) is 5.16 Å². The maximum Gasteiger partial charge on any atom is 0.267 e. The van der Waals surface area contributed by atoms with Crippen molar-refractivity contribution in [2.45, 2.75) is 6.61 Å². The minimum Gasteiger partial charge on any atom is -0.386 e. The van der Waals surface area contributed by atoms with Gasteiger partial charge in [-0.3, -0.25) is 0 Å². The van der Waals surface area contributed by atoms with Gasteiger partial charge < -0.3 is 9.36 Å². The number of oxime groups is 1. The first-order valence-electron chi connectivity index (χ1n) is 6.09. The van der Waals surface area contributed by atoms with Gasteiger partial charge in [-0.05, 0) is 17.5 Å². The number of halogens is 1. The molecule has 0 fully saturated rings. The van der Waals surface area contributed by atoms with Crippen molar-refractivity contribution >= 4 is 17.6 Å². The van der Waals surface area contributed by atoms with Crippen LogP contribution in [0.4, 0.5) is 4.39 Å². The molecular formula is C14H10FN3O2S. The van der Waals surface area contributed by atoms with Gasteiger partial charge >= 0.3 is 0 Å². The molecule has 0 aliphatic rings. The third kappa shape index (κ3) is 3.32. The van der Waals surface area contributed by atoms with Crippen molar-refractivity contribution in [3.05, 3.63) is 59.0 Å². The summed E-state index contributed by atoms with van der Waals surface area (Å²) in [4.78, 5) is 10.1. The molecule has 0 aliphatic heterocycles. The van der Waals surface area contributed by atoms with E-state index in [0.29, 0.717) is 17.3 Å². The number of rotatable bonds is 5. The number of nitrogens with zero attached hydrogens (tertiary/aromatic N) is 3. The monoisotopic (exact) mass is 303 g/mol. The van der Waals surface area contributed by atoms with Crippen LogP contribution in [0.1, 0.15) is 11.5 Å². The number of thiophene rings is 1. The summed E-state index contributed by atoms with van der Waals surface area (Å²) in [5.74, 6) is 0.466. The maximum absolute atomic E-state index is 13.3. The van der Waals surface area contributed by atoms with Crippen LogP contribution < -0.4 is 0 Å². The van der Waals surface area contributed by atoms with E-state index in [9.17, 15) is 4.39 Å². The molecule has 3 aromatic rings. The predicted molar refractivity (Wildman–Crippen MR) is 76.4 cm³/mol. The lowest BCUT2D eigenvalue weighted by atomic mass is 10.2. The summed E-state index contributed by atoms with van der Waals surface area (Å²) in [6.45, 7) is 0.0311. The van der Waals surface area contributed by atoms with E-state index in [-0.39, 0.29) is 12.4 Å². The molecule has 7 heteroatoms. The minimum atomic E-state index is -0.359. The van der Waals surface area contributed by atoms with Gasteiger partial charge in [-0.2, -0.15) is 4.98 Å². The molecule has 3 rings (SSSR count). The Bertz CT molecular complexity index is 740. The molecule has 0 radical (unpaired) electrons. The normalized spacial score (nSPS) is 11.1. The van der Waals surface area contributed by atoms with Gasteiger partial charge in [-0.25, -0.2) is 4.39 Å². The Balaban J connectivity index is 1.58. The van der Waals surface area contributed by atoms with Gasteiger partial charge in [0.25, 0.3) is 5.89 Å². The highest BCUT2D eigenvalue weighted by Crippen LogP contribution is 2.21. The molecule has 1 aromatic carbocycles. The molecule has 0 spiro atoms. The van der Waals surface area contributed by atoms with Crippen LogP contribution in [0.5, 0.6) is 0 Å². The molecule has 0 aliphatic carbocycles. The van der Waals surface area contributed by atoms with Gasteiger partial charge in [0.2, 0.25) is 5.82 Å². The van der Waals surface area contributed by atoms with Crippen molar-refractivity contribution in [3.8, 4) is 10.7 Å². The Morgan fingerprint density at radius 1 is 1.29 bits per heavy atom. The van der Waals surface area contributed by atoms with E-state index in [0.717, 1.165) is 4.88 Å². The summed E-state index contributed by atoms with van der Waals surface area (Å²) in [5.41, 5.74) is 0.349. The Labute approximate surface area is 123 Å². The van der Waals surface area contributed by atoms with E-state index in [2.05, 4.69) is 15.3 Å². The fraction of sp³-hybridized carbons (Fsp3) is 0.0714. The summed E-state index contributed by atoms with van der Waals surface area (Å²) in [6, 6.07) is 10.1. The second kappa shape index (κ2) is 6.27. The van der Waals surface area contributed by atoms with Crippen molar-refractivity contribution in [2.75, 3.05) is 0 Å². The number of hydrogen-bond donors (Lipinski definition) is 0. The molecule has 21 heavy (non-hydrogen) atoms. The Hall–Kier alpha value is -2.54. The molecule has 106 valence electrons. The summed E-state index contributed by atoms with van der Waals surface area (Å²) in [6.07, 6.45) is 1.30. The first-order valence-corrected chi connectivity index (χ1v) is 6.97. The van der Waals surface area contributed by atoms with Gasteiger partial charge in [0, 0.05) is 5.56 Å². The standard InChI is InChI=1S/C14H10FN3O2S/c15-11-5-2-1-4-10(11)8-16-19-9-13-17-14(18-20-13)12-6-3-7-21-12/h1-8H,9H2/b16-8-. The molecule has 0 amide bonds. The zero-order valence-corrected chi connectivity index (χ0v) is 11.6. The van der Waals surface area contributed by atoms with Crippen LogP contribution in [0.15, 0.2) is 51.5 Å². The summed E-state index contributed by atoms with van der Waals surface area (Å²) in [7, 11) is 0. The molecule has 0 saturated carbocycles. The average Bonchev–Trinajstić information content (AvgIpc) is 3.16. The van der Waals surface area contributed by atoms with Gasteiger partial charge in [0.05, 0.1) is 11.1 Å². The number of benzene rings is 1. The van der Waals surface area contributed by atoms with Crippen LogP contribution in [0, 0.1) is 5.82 Å². The highest BCUT2D eigenvalue weighted by molar-refractivity contribution is 7.13. The fourth-order valence-electron chi connectivity index (χ4n) is 1.59. The van der Waals surface area contributed by atoms with Crippen LogP contribution >= 0.6 is 11.3 Å². The average molecular weight is 303 g/mol. The van der Waals surface area contributed by atoms with E-state index in [1.54, 1.807) is 18.2 Å². The van der Waals surface area contributed by atoms with Crippen LogP contribution in [-0.4, -0.2) is 16.4 Å². The van der Waals surface area contributed by atoms with Crippen molar-refractivity contribution in [1.82, 2.24) is 10.1 Å². The fourth-order valence-corrected chi connectivity index (χ4v) is 2.23. The Morgan fingerprint density at radius 2 is 2.19 bits per heavy atom. The molecule has 0 atom stereocenters. The summed E-state index contributed by atoms with van der Waals surface area (Å²) in [5, 5.41) is 9.45. The second-order valence-electron chi connectivity index (χ2n) is 4.02. The third-order valence-electron chi connectivity index (χ3n) is 2.57. The van der Waals surface area contributed by atoms with E-state index in [1.807, 2.05) is 17.5 Å². The molecule has 0 unspecified atom stereocenters. The van der Waals surface area contributed by atoms with Gasteiger partial charge in [0.1, 0.15) is 5.82 Å². The van der Waals surface area contributed by atoms with Crippen LogP contribution in [0.3, 0.4) is 0 Å². The second-order valence-corrected chi connectivity index (χ2v) is 4.97. The smallest absolute Gasteiger partial charge is 0.267 e. The molecule has 2 heterocycles. The van der Waals surface area contributed by atoms with E-state index >= 15 is 0 Å². The molecule has 0 saturated heterocycles. The summed E-state index contributed by atoms with van der Waals surface area (Å²) >= 11 is 1.52. The number of aromatic nitrogens is 2. The highest BCUT2D eigenvalue weighted by atomic mass is 32.1. The first-order chi connectivity index (χ1) is 10.3. The summed E-state index contributed by atoms with van der Waals surface area (Å²) < 4.78 is 18.4. The SMILES string of the molecule is Fc1ccccc1/C=N\OCc1nc(-c2cccs2)no1. The molecular weight excluding hydrogens is 293 g/mol. The van der Waals surface area contributed by atoms with Gasteiger partial charge in [0.15, 0.2) is 6.61 Å². The van der Waals surface area contributed by atoms with Gasteiger partial charge in [-0.15, -0.1) is 11.3 Å². The van der Waals surface area contributed by atoms with Crippen LogP contribution in [-0.2, 0) is 11.4 Å². The molecule has 0 bridgehead atoms. The zero-order valence-electron chi connectivity index (χ0n) is 10.8. The highest BCUT2D eigenvalue weighted by Gasteiger charge is 2.09.